The number of hydrogen-bond donors (Lipinski definition) is 0. The van der Waals surface area contributed by atoms with E-state index in [4.69, 9.17) is 56.8 Å². The van der Waals surface area contributed by atoms with E-state index < -0.39 is 140 Å². The molecule has 0 N–H and O–H groups in total. The summed E-state index contributed by atoms with van der Waals surface area (Å²) >= 11 is 0. The molecular weight excluding hydrogens is 726 g/mol. The Morgan fingerprint density at radius 2 is 1.30 bits per heavy atom. The highest BCUT2D eigenvalue weighted by Crippen LogP contribution is 2.45. The van der Waals surface area contributed by atoms with Gasteiger partial charge < -0.3 is 56.8 Å². The molecule has 0 bridgehead atoms. The van der Waals surface area contributed by atoms with Gasteiger partial charge in [0.15, 0.2) is 30.1 Å². The topological polar surface area (TPSA) is 233 Å². The molecule has 20 nitrogen and oxygen atoms in total. The van der Waals surface area contributed by atoms with Crippen molar-refractivity contribution in [2.75, 3.05) is 20.3 Å². The Labute approximate surface area is 311 Å². The molecule has 11 atom stereocenters. The number of carbonyl (C=O) groups is 7. The first-order valence-corrected chi connectivity index (χ1v) is 17.2. The third-order valence-corrected chi connectivity index (χ3v) is 8.80. The highest BCUT2D eigenvalue weighted by atomic mass is 16.9. The Hall–Kier alpha value is -3.79. The maximum Gasteiger partial charge on any atom is 0.366 e. The molecule has 0 aliphatic carbocycles. The zero-order valence-corrected chi connectivity index (χ0v) is 32.1. The highest BCUT2D eigenvalue weighted by Gasteiger charge is 2.64. The van der Waals surface area contributed by atoms with Crippen LogP contribution in [-0.4, -0.2) is 145 Å². The first-order valence-electron chi connectivity index (χ1n) is 17.2. The lowest BCUT2D eigenvalue weighted by Crippen LogP contribution is -2.70. The summed E-state index contributed by atoms with van der Waals surface area (Å²) in [4.78, 5) is 90.3. The lowest BCUT2D eigenvalue weighted by atomic mass is 9.86. The molecule has 0 unspecified atom stereocenters. The summed E-state index contributed by atoms with van der Waals surface area (Å²) < 4.78 is 70.2. The average Bonchev–Trinajstić information content (AvgIpc) is 3.53. The standard InChI is InChI=1S/C34H49NO19/c1-15(36)35(16(2)37)24-21(46-18(4)39)12-34(31(42)43-11,53-27(24)25(48-20(6)41)22(47-19(5)40)13-44-17(3)38)45-14-23-26-28(51-32(7,8)50-26)29-30(49-23)54-33(9,10)52-29/h21-30H,12-14H2,1-11H3/t21-,22+,23+,24+,25-,26-,27+,28-,29+,30+,34+/m0/s1. The molecule has 4 aliphatic heterocycles. The zero-order chi connectivity index (χ0) is 40.5. The molecule has 304 valence electrons. The molecule has 0 aromatic rings. The molecule has 2 amide bonds. The van der Waals surface area contributed by atoms with Crippen molar-refractivity contribution < 1.29 is 90.4 Å². The zero-order valence-electron chi connectivity index (χ0n) is 32.1. The minimum atomic E-state index is -2.58. The summed E-state index contributed by atoms with van der Waals surface area (Å²) in [7, 11) is 1.02. The maximum absolute atomic E-state index is 13.9. The van der Waals surface area contributed by atoms with Crippen molar-refractivity contribution in [3.05, 3.63) is 0 Å². The van der Waals surface area contributed by atoms with Crippen LogP contribution >= 0.6 is 0 Å². The molecule has 0 aromatic carbocycles. The van der Waals surface area contributed by atoms with E-state index in [0.29, 0.717) is 4.90 Å². The van der Waals surface area contributed by atoms with Crippen molar-refractivity contribution >= 4 is 41.7 Å². The Kier molecular flexibility index (Phi) is 13.1. The maximum atomic E-state index is 13.9. The van der Waals surface area contributed by atoms with Crippen LogP contribution in [0.15, 0.2) is 0 Å². The molecule has 0 spiro atoms. The Morgan fingerprint density at radius 3 is 1.83 bits per heavy atom. The van der Waals surface area contributed by atoms with Crippen LogP contribution in [0.25, 0.3) is 0 Å². The number of imide groups is 1. The van der Waals surface area contributed by atoms with Crippen molar-refractivity contribution in [2.24, 2.45) is 0 Å². The van der Waals surface area contributed by atoms with E-state index in [-0.39, 0.29) is 0 Å². The van der Waals surface area contributed by atoms with Crippen molar-refractivity contribution in [2.45, 2.75) is 154 Å². The SMILES string of the molecule is COC(=O)[C@@]1(OC[C@H]2O[C@@H]3OC(C)(C)O[C@@H]3[C@H]3OC(C)(C)O[C@H]32)C[C@H](OC(C)=O)[C@@H](N(C(C)=O)C(C)=O)[C@H]([C@@H](OC(C)=O)[C@@H](COC(C)=O)OC(C)=O)O1. The van der Waals surface area contributed by atoms with E-state index in [1.807, 2.05) is 0 Å². The van der Waals surface area contributed by atoms with Crippen LogP contribution < -0.4 is 0 Å². The van der Waals surface area contributed by atoms with Gasteiger partial charge >= 0.3 is 29.8 Å². The van der Waals surface area contributed by atoms with Gasteiger partial charge in [-0.2, -0.15) is 0 Å². The Bertz CT molecular complexity index is 1470. The van der Waals surface area contributed by atoms with E-state index >= 15 is 0 Å². The molecule has 0 aromatic heterocycles. The molecule has 4 aliphatic rings. The second kappa shape index (κ2) is 16.5. The first kappa shape index (κ1) is 42.9. The quantitative estimate of drug-likeness (QED) is 0.190. The Morgan fingerprint density at radius 1 is 0.722 bits per heavy atom. The summed E-state index contributed by atoms with van der Waals surface area (Å²) in [6, 6.07) is -1.67. The lowest BCUT2D eigenvalue weighted by molar-refractivity contribution is -0.332. The van der Waals surface area contributed by atoms with E-state index in [1.54, 1.807) is 27.7 Å². The number of ether oxygens (including phenoxy) is 12. The molecule has 54 heavy (non-hydrogen) atoms. The predicted molar refractivity (Wildman–Crippen MR) is 173 cm³/mol. The fourth-order valence-corrected chi connectivity index (χ4v) is 7.11. The fourth-order valence-electron chi connectivity index (χ4n) is 7.11. The first-order chi connectivity index (χ1) is 25.0. The van der Waals surface area contributed by atoms with Crippen molar-refractivity contribution in [3.63, 3.8) is 0 Å². The summed E-state index contributed by atoms with van der Waals surface area (Å²) in [6.07, 6.45) is -12.0. The van der Waals surface area contributed by atoms with Crippen LogP contribution in [0.5, 0.6) is 0 Å². The van der Waals surface area contributed by atoms with Crippen LogP contribution in [0, 0.1) is 0 Å². The summed E-state index contributed by atoms with van der Waals surface area (Å²) in [5.74, 6) is -11.3. The molecule has 0 radical (unpaired) electrons. The van der Waals surface area contributed by atoms with E-state index in [1.165, 1.54) is 0 Å². The number of carbonyl (C=O) groups excluding carboxylic acids is 7. The van der Waals surface area contributed by atoms with Crippen LogP contribution in [0.3, 0.4) is 0 Å². The molecule has 4 heterocycles. The molecule has 4 saturated heterocycles. The largest absolute Gasteiger partial charge is 0.465 e. The molecule has 0 saturated carbocycles. The summed E-state index contributed by atoms with van der Waals surface area (Å²) in [6.45, 7) is 11.7. The van der Waals surface area contributed by atoms with Gasteiger partial charge in [0.05, 0.1) is 20.1 Å². The third kappa shape index (κ3) is 9.71. The van der Waals surface area contributed by atoms with Gasteiger partial charge in [-0.25, -0.2) is 4.79 Å². The van der Waals surface area contributed by atoms with E-state index in [9.17, 15) is 33.6 Å². The third-order valence-electron chi connectivity index (χ3n) is 8.80. The van der Waals surface area contributed by atoms with Gasteiger partial charge in [0.25, 0.3) is 5.79 Å². The van der Waals surface area contributed by atoms with E-state index in [0.717, 1.165) is 48.7 Å². The average molecular weight is 776 g/mol. The number of esters is 5. The Balaban J connectivity index is 1.85. The minimum absolute atomic E-state index is 0.505. The van der Waals surface area contributed by atoms with Gasteiger partial charge in [0.2, 0.25) is 11.8 Å². The van der Waals surface area contributed by atoms with Gasteiger partial charge in [-0.05, 0) is 27.7 Å². The van der Waals surface area contributed by atoms with Crippen LogP contribution in [0.2, 0.25) is 0 Å². The highest BCUT2D eigenvalue weighted by molar-refractivity contribution is 5.93. The van der Waals surface area contributed by atoms with Crippen LogP contribution in [0.4, 0.5) is 0 Å². The van der Waals surface area contributed by atoms with Crippen LogP contribution in [0.1, 0.15) is 75.7 Å². The predicted octanol–water partition coefficient (Wildman–Crippen LogP) is 0.180. The van der Waals surface area contributed by atoms with Crippen molar-refractivity contribution in [1.82, 2.24) is 4.90 Å². The lowest BCUT2D eigenvalue weighted by Gasteiger charge is -2.51. The molecule has 4 fully saturated rings. The smallest absolute Gasteiger partial charge is 0.366 e. The normalized spacial score (nSPS) is 33.2. The van der Waals surface area contributed by atoms with Gasteiger partial charge in [0, 0.05) is 41.5 Å². The number of amides is 2. The molecular formula is C34H49NO19. The molecule has 20 heteroatoms. The number of hydrogen-bond acceptors (Lipinski definition) is 19. The van der Waals surface area contributed by atoms with Gasteiger partial charge in [-0.1, -0.05) is 0 Å². The van der Waals surface area contributed by atoms with Gasteiger partial charge in [-0.15, -0.1) is 0 Å². The van der Waals surface area contributed by atoms with E-state index in [2.05, 4.69) is 0 Å². The van der Waals surface area contributed by atoms with Gasteiger partial charge in [-0.3, -0.25) is 33.7 Å². The molecule has 4 rings (SSSR count). The summed E-state index contributed by atoms with van der Waals surface area (Å²) in [5.41, 5.74) is 0. The fraction of sp³-hybridized carbons (Fsp3) is 0.794. The second-order valence-electron chi connectivity index (χ2n) is 14.1. The number of rotatable bonds is 12. The number of methoxy groups -OCH3 is 1. The summed E-state index contributed by atoms with van der Waals surface area (Å²) in [5, 5.41) is 0. The number of fused-ring (bicyclic) bond motifs is 3. The number of nitrogens with zero attached hydrogens (tertiary/aromatic N) is 1. The minimum Gasteiger partial charge on any atom is -0.465 e. The van der Waals surface area contributed by atoms with Crippen molar-refractivity contribution in [1.29, 1.82) is 0 Å². The monoisotopic (exact) mass is 775 g/mol. The second-order valence-corrected chi connectivity index (χ2v) is 14.1. The van der Waals surface area contributed by atoms with Crippen molar-refractivity contribution in [3.8, 4) is 0 Å². The van der Waals surface area contributed by atoms with Gasteiger partial charge in [0.1, 0.15) is 49.3 Å². The van der Waals surface area contributed by atoms with Crippen LogP contribution in [-0.2, 0) is 90.4 Å².